The SMILES string of the molecule is Cn1c(=O)oc2cc(S(=O)(=O)Cc3ccccc3F)ccc21. The Morgan fingerprint density at radius 2 is 1.91 bits per heavy atom. The number of fused-ring (bicyclic) bond motifs is 1. The van der Waals surface area contributed by atoms with Gasteiger partial charge in [0.05, 0.1) is 16.2 Å². The lowest BCUT2D eigenvalue weighted by molar-refractivity contribution is 0.527. The molecule has 3 rings (SSSR count). The number of aryl methyl sites for hydroxylation is 1. The summed E-state index contributed by atoms with van der Waals surface area (Å²) in [6.45, 7) is 0. The fourth-order valence-corrected chi connectivity index (χ4v) is 3.58. The molecule has 0 unspecified atom stereocenters. The average molecular weight is 321 g/mol. The second kappa shape index (κ2) is 5.10. The van der Waals surface area contributed by atoms with Crippen LogP contribution in [0.1, 0.15) is 5.56 Å². The number of halogens is 1. The third kappa shape index (κ3) is 2.43. The predicted octanol–water partition coefficient (Wildman–Crippen LogP) is 2.24. The summed E-state index contributed by atoms with van der Waals surface area (Å²) in [6, 6.07) is 9.87. The molecule has 3 aromatic rings. The third-order valence-electron chi connectivity index (χ3n) is 3.43. The maximum absolute atomic E-state index is 13.6. The highest BCUT2D eigenvalue weighted by atomic mass is 32.2. The van der Waals surface area contributed by atoms with Gasteiger partial charge in [-0.05, 0) is 18.2 Å². The molecule has 7 heteroatoms. The van der Waals surface area contributed by atoms with Gasteiger partial charge in [-0.15, -0.1) is 0 Å². The van der Waals surface area contributed by atoms with Crippen LogP contribution in [0.3, 0.4) is 0 Å². The largest absolute Gasteiger partial charge is 0.419 e. The average Bonchev–Trinajstić information content (AvgIpc) is 2.76. The van der Waals surface area contributed by atoms with Gasteiger partial charge >= 0.3 is 5.76 Å². The zero-order valence-corrected chi connectivity index (χ0v) is 12.4. The lowest BCUT2D eigenvalue weighted by atomic mass is 10.2. The minimum atomic E-state index is -3.74. The van der Waals surface area contributed by atoms with Gasteiger partial charge in [0.1, 0.15) is 5.82 Å². The summed E-state index contributed by atoms with van der Waals surface area (Å²) in [7, 11) is -2.21. The summed E-state index contributed by atoms with van der Waals surface area (Å²) in [4.78, 5) is 11.4. The van der Waals surface area contributed by atoms with Crippen LogP contribution in [0.2, 0.25) is 0 Å². The summed E-state index contributed by atoms with van der Waals surface area (Å²) in [6.07, 6.45) is 0. The van der Waals surface area contributed by atoms with Crippen molar-refractivity contribution in [3.8, 4) is 0 Å². The van der Waals surface area contributed by atoms with Crippen molar-refractivity contribution < 1.29 is 17.2 Å². The van der Waals surface area contributed by atoms with Crippen LogP contribution < -0.4 is 5.76 Å². The smallest absolute Gasteiger partial charge is 0.408 e. The van der Waals surface area contributed by atoms with Gasteiger partial charge in [-0.2, -0.15) is 0 Å². The molecule has 0 aliphatic rings. The second-order valence-corrected chi connectivity index (χ2v) is 6.90. The molecule has 5 nitrogen and oxygen atoms in total. The molecule has 22 heavy (non-hydrogen) atoms. The number of sulfone groups is 1. The Hall–Kier alpha value is -2.41. The van der Waals surface area contributed by atoms with E-state index in [9.17, 15) is 17.6 Å². The quantitative estimate of drug-likeness (QED) is 0.742. The Bertz CT molecular complexity index is 1020. The van der Waals surface area contributed by atoms with Gasteiger partial charge in [-0.3, -0.25) is 4.57 Å². The maximum atomic E-state index is 13.6. The van der Waals surface area contributed by atoms with E-state index in [1.807, 2.05) is 0 Å². The minimum Gasteiger partial charge on any atom is -0.408 e. The van der Waals surface area contributed by atoms with Crippen LogP contribution in [-0.4, -0.2) is 13.0 Å². The van der Waals surface area contributed by atoms with E-state index in [0.29, 0.717) is 5.52 Å². The molecular formula is C15H12FNO4S. The molecule has 0 saturated heterocycles. The molecule has 1 aromatic heterocycles. The third-order valence-corrected chi connectivity index (χ3v) is 5.09. The molecule has 0 fully saturated rings. The van der Waals surface area contributed by atoms with Crippen molar-refractivity contribution in [1.82, 2.24) is 4.57 Å². The first-order valence-electron chi connectivity index (χ1n) is 6.44. The fraction of sp³-hybridized carbons (Fsp3) is 0.133. The Balaban J connectivity index is 2.06. The standard InChI is InChI=1S/C15H12FNO4S/c1-17-13-7-6-11(8-14(13)21-15(17)18)22(19,20)9-10-4-2-3-5-12(10)16/h2-8H,9H2,1H3. The first-order valence-corrected chi connectivity index (χ1v) is 8.09. The molecule has 0 radical (unpaired) electrons. The van der Waals surface area contributed by atoms with Crippen molar-refractivity contribution in [2.45, 2.75) is 10.6 Å². The topological polar surface area (TPSA) is 69.3 Å². The van der Waals surface area contributed by atoms with Gasteiger partial charge in [-0.25, -0.2) is 17.6 Å². The van der Waals surface area contributed by atoms with Crippen molar-refractivity contribution in [1.29, 1.82) is 0 Å². The highest BCUT2D eigenvalue weighted by molar-refractivity contribution is 7.90. The molecule has 0 atom stereocenters. The van der Waals surface area contributed by atoms with Gasteiger partial charge in [0.15, 0.2) is 15.4 Å². The molecule has 0 amide bonds. The molecule has 0 saturated carbocycles. The van der Waals surface area contributed by atoms with Gasteiger partial charge < -0.3 is 4.42 Å². The lowest BCUT2D eigenvalue weighted by Crippen LogP contribution is -2.08. The Kier molecular flexibility index (Phi) is 3.37. The molecule has 0 bridgehead atoms. The minimum absolute atomic E-state index is 0.0161. The van der Waals surface area contributed by atoms with E-state index in [1.54, 1.807) is 6.07 Å². The van der Waals surface area contributed by atoms with Crippen molar-refractivity contribution >= 4 is 20.9 Å². The number of benzene rings is 2. The Labute approximate surface area is 125 Å². The van der Waals surface area contributed by atoms with Crippen LogP contribution in [0.4, 0.5) is 4.39 Å². The number of hydrogen-bond donors (Lipinski definition) is 0. The van der Waals surface area contributed by atoms with Gasteiger partial charge in [0.25, 0.3) is 0 Å². The van der Waals surface area contributed by atoms with E-state index in [0.717, 1.165) is 0 Å². The number of aromatic nitrogens is 1. The molecule has 1 heterocycles. The van der Waals surface area contributed by atoms with E-state index >= 15 is 0 Å². The van der Waals surface area contributed by atoms with E-state index in [2.05, 4.69) is 0 Å². The van der Waals surface area contributed by atoms with Crippen molar-refractivity contribution in [2.75, 3.05) is 0 Å². The summed E-state index contributed by atoms with van der Waals surface area (Å²) < 4.78 is 44.7. The fourth-order valence-electron chi connectivity index (χ4n) is 2.21. The van der Waals surface area contributed by atoms with Crippen molar-refractivity contribution in [3.05, 3.63) is 64.4 Å². The molecule has 0 aliphatic heterocycles. The first-order chi connectivity index (χ1) is 10.4. The van der Waals surface area contributed by atoms with E-state index in [4.69, 9.17) is 4.42 Å². The van der Waals surface area contributed by atoms with Crippen LogP contribution in [0.5, 0.6) is 0 Å². The maximum Gasteiger partial charge on any atom is 0.419 e. The molecule has 0 aliphatic carbocycles. The van der Waals surface area contributed by atoms with Crippen LogP contribution in [0.15, 0.2) is 56.6 Å². The lowest BCUT2D eigenvalue weighted by Gasteiger charge is -2.05. The summed E-state index contributed by atoms with van der Waals surface area (Å²) >= 11 is 0. The first kappa shape index (κ1) is 14.5. The van der Waals surface area contributed by atoms with Gasteiger partial charge in [0, 0.05) is 18.7 Å². The van der Waals surface area contributed by atoms with Crippen LogP contribution in [0.25, 0.3) is 11.1 Å². The molecule has 0 N–H and O–H groups in total. The van der Waals surface area contributed by atoms with Gasteiger partial charge in [0.2, 0.25) is 0 Å². The summed E-state index contributed by atoms with van der Waals surface area (Å²) in [5.74, 6) is -1.60. The Morgan fingerprint density at radius 3 is 2.64 bits per heavy atom. The summed E-state index contributed by atoms with van der Waals surface area (Å²) in [5.41, 5.74) is 0.772. The zero-order valence-electron chi connectivity index (χ0n) is 11.6. The molecular weight excluding hydrogens is 309 g/mol. The predicted molar refractivity (Wildman–Crippen MR) is 78.7 cm³/mol. The van der Waals surface area contributed by atoms with Crippen LogP contribution in [-0.2, 0) is 22.6 Å². The number of oxazole rings is 1. The number of hydrogen-bond acceptors (Lipinski definition) is 4. The normalized spacial score (nSPS) is 11.9. The monoisotopic (exact) mass is 321 g/mol. The molecule has 0 spiro atoms. The highest BCUT2D eigenvalue weighted by Gasteiger charge is 2.19. The molecule has 114 valence electrons. The van der Waals surface area contributed by atoms with E-state index in [1.165, 1.54) is 48.0 Å². The van der Waals surface area contributed by atoms with Crippen LogP contribution >= 0.6 is 0 Å². The van der Waals surface area contributed by atoms with Gasteiger partial charge in [-0.1, -0.05) is 18.2 Å². The van der Waals surface area contributed by atoms with Crippen molar-refractivity contribution in [2.24, 2.45) is 7.05 Å². The highest BCUT2D eigenvalue weighted by Crippen LogP contribution is 2.22. The summed E-state index contributed by atoms with van der Waals surface area (Å²) in [5, 5.41) is 0. The number of rotatable bonds is 3. The van der Waals surface area contributed by atoms with Crippen molar-refractivity contribution in [3.63, 3.8) is 0 Å². The number of nitrogens with zero attached hydrogens (tertiary/aromatic N) is 1. The Morgan fingerprint density at radius 1 is 1.18 bits per heavy atom. The zero-order chi connectivity index (χ0) is 15.9. The molecule has 2 aromatic carbocycles. The van der Waals surface area contributed by atoms with E-state index < -0.39 is 27.2 Å². The second-order valence-electron chi connectivity index (χ2n) is 4.91. The van der Waals surface area contributed by atoms with Crippen LogP contribution in [0, 0.1) is 5.82 Å². The van der Waals surface area contributed by atoms with E-state index in [-0.39, 0.29) is 16.0 Å².